The molecular formula is C29H24F3O3S+. The van der Waals surface area contributed by atoms with Crippen LogP contribution in [0.3, 0.4) is 0 Å². The fraction of sp³-hybridized carbons (Fsp3) is 0.138. The van der Waals surface area contributed by atoms with Crippen molar-refractivity contribution in [2.24, 2.45) is 0 Å². The molecule has 0 atom stereocenters. The van der Waals surface area contributed by atoms with Gasteiger partial charge in [-0.25, -0.2) is 18.0 Å². The number of benzene rings is 4. The Balaban J connectivity index is 1.46. The zero-order valence-electron chi connectivity index (χ0n) is 19.7. The first-order valence-corrected chi connectivity index (χ1v) is 12.4. The zero-order chi connectivity index (χ0) is 25.7. The highest BCUT2D eigenvalue weighted by atomic mass is 32.2. The Kier molecular flexibility index (Phi) is 7.70. The number of rotatable bonds is 8. The number of carbonyl (C=O) groups excluding carboxylic acids is 1. The van der Waals surface area contributed by atoms with Crippen molar-refractivity contribution in [3.63, 3.8) is 0 Å². The Bertz CT molecular complexity index is 1280. The minimum Gasteiger partial charge on any atom is -0.482 e. The summed E-state index contributed by atoms with van der Waals surface area (Å²) in [5, 5.41) is 0. The number of esters is 1. The van der Waals surface area contributed by atoms with E-state index >= 15 is 0 Å². The number of hydrogen-bond donors (Lipinski definition) is 0. The van der Waals surface area contributed by atoms with Crippen molar-refractivity contribution in [1.82, 2.24) is 0 Å². The maximum Gasteiger partial charge on any atom is 0.345 e. The molecule has 0 amide bonds. The van der Waals surface area contributed by atoms with Crippen LogP contribution in [0.25, 0.3) is 0 Å². The second-order valence-corrected chi connectivity index (χ2v) is 10.5. The minimum absolute atomic E-state index is 0.320. The Morgan fingerprint density at radius 1 is 0.722 bits per heavy atom. The lowest BCUT2D eigenvalue weighted by atomic mass is 9.98. The Morgan fingerprint density at radius 2 is 1.22 bits per heavy atom. The SMILES string of the molecule is CC(C)(OC(=O)COc1ccc([S+](c2ccc(F)cc2)c2ccc(F)cc2)cc1)c1cccc(F)c1. The summed E-state index contributed by atoms with van der Waals surface area (Å²) in [4.78, 5) is 15.1. The average molecular weight is 510 g/mol. The van der Waals surface area contributed by atoms with Crippen LogP contribution in [0.4, 0.5) is 13.2 Å². The van der Waals surface area contributed by atoms with Crippen molar-refractivity contribution in [1.29, 1.82) is 0 Å². The van der Waals surface area contributed by atoms with Crippen LogP contribution >= 0.6 is 0 Å². The molecule has 0 radical (unpaired) electrons. The number of ether oxygens (including phenoxy) is 2. The van der Waals surface area contributed by atoms with Gasteiger partial charge in [0, 0.05) is 0 Å². The van der Waals surface area contributed by atoms with Gasteiger partial charge in [0.1, 0.15) is 28.8 Å². The summed E-state index contributed by atoms with van der Waals surface area (Å²) >= 11 is 0. The Hall–Kier alpha value is -3.71. The van der Waals surface area contributed by atoms with Crippen molar-refractivity contribution >= 4 is 16.9 Å². The summed E-state index contributed by atoms with van der Waals surface area (Å²) in [5.74, 6) is -1.21. The molecule has 7 heteroatoms. The van der Waals surface area contributed by atoms with Crippen molar-refractivity contribution in [3.8, 4) is 5.75 Å². The second kappa shape index (κ2) is 10.9. The van der Waals surface area contributed by atoms with Crippen LogP contribution < -0.4 is 4.74 Å². The molecule has 0 N–H and O–H groups in total. The summed E-state index contributed by atoms with van der Waals surface area (Å²) in [7, 11) is -0.600. The topological polar surface area (TPSA) is 35.5 Å². The second-order valence-electron chi connectivity index (χ2n) is 8.47. The van der Waals surface area contributed by atoms with Crippen LogP contribution in [-0.2, 0) is 26.0 Å². The van der Waals surface area contributed by atoms with E-state index in [9.17, 15) is 18.0 Å². The highest BCUT2D eigenvalue weighted by Gasteiger charge is 2.29. The molecule has 36 heavy (non-hydrogen) atoms. The van der Waals surface area contributed by atoms with Gasteiger partial charge in [0.05, 0.1) is 10.9 Å². The van der Waals surface area contributed by atoms with Gasteiger partial charge < -0.3 is 9.47 Å². The smallest absolute Gasteiger partial charge is 0.345 e. The molecule has 0 aromatic heterocycles. The maximum atomic E-state index is 13.5. The van der Waals surface area contributed by atoms with Crippen LogP contribution in [0.15, 0.2) is 112 Å². The normalized spacial score (nSPS) is 11.4. The fourth-order valence-corrected chi connectivity index (χ4v) is 5.64. The monoisotopic (exact) mass is 509 g/mol. The molecule has 0 unspecified atom stereocenters. The number of hydrogen-bond acceptors (Lipinski definition) is 3. The molecule has 3 nitrogen and oxygen atoms in total. The Morgan fingerprint density at radius 3 is 1.72 bits per heavy atom. The first-order chi connectivity index (χ1) is 17.2. The van der Waals surface area contributed by atoms with Crippen LogP contribution in [-0.4, -0.2) is 12.6 Å². The molecule has 184 valence electrons. The summed E-state index contributed by atoms with van der Waals surface area (Å²) in [6.07, 6.45) is 0. The third-order valence-corrected chi connectivity index (χ3v) is 7.63. The van der Waals surface area contributed by atoms with E-state index in [2.05, 4.69) is 0 Å². The molecule has 0 bridgehead atoms. The van der Waals surface area contributed by atoms with Crippen LogP contribution in [0.1, 0.15) is 19.4 Å². The van der Waals surface area contributed by atoms with E-state index in [4.69, 9.17) is 9.47 Å². The quantitative estimate of drug-likeness (QED) is 0.189. The molecule has 0 aliphatic rings. The van der Waals surface area contributed by atoms with Gasteiger partial charge in [0.2, 0.25) is 0 Å². The number of carbonyl (C=O) groups is 1. The predicted octanol–water partition coefficient (Wildman–Crippen LogP) is 7.06. The standard InChI is InChI=1S/C29H24F3O3S/c1-29(2,20-4-3-5-23(32)18-20)35-28(33)19-34-24-10-16-27(17-11-24)36(25-12-6-21(30)7-13-25)26-14-8-22(31)9-15-26/h3-18H,19H2,1-2H3/q+1. The van der Waals surface area contributed by atoms with Crippen LogP contribution in [0.5, 0.6) is 5.75 Å². The van der Waals surface area contributed by atoms with E-state index < -0.39 is 28.3 Å². The summed E-state index contributed by atoms with van der Waals surface area (Å²) in [5.41, 5.74) is -0.487. The van der Waals surface area contributed by atoms with E-state index in [0.717, 1.165) is 14.7 Å². The van der Waals surface area contributed by atoms with Gasteiger partial charge in [0.25, 0.3) is 0 Å². The molecule has 4 rings (SSSR count). The molecule has 4 aromatic carbocycles. The van der Waals surface area contributed by atoms with Crippen molar-refractivity contribution in [2.75, 3.05) is 6.61 Å². The van der Waals surface area contributed by atoms with Gasteiger partial charge in [-0.15, -0.1) is 0 Å². The van der Waals surface area contributed by atoms with Gasteiger partial charge in [-0.2, -0.15) is 0 Å². The molecule has 0 aliphatic heterocycles. The summed E-state index contributed by atoms with van der Waals surface area (Å²) in [6, 6.07) is 25.5. The average Bonchev–Trinajstić information content (AvgIpc) is 2.86. The van der Waals surface area contributed by atoms with Crippen molar-refractivity contribution in [2.45, 2.75) is 34.1 Å². The highest BCUT2D eigenvalue weighted by molar-refractivity contribution is 7.97. The van der Waals surface area contributed by atoms with Gasteiger partial charge >= 0.3 is 5.97 Å². The first-order valence-electron chi connectivity index (χ1n) is 11.2. The van der Waals surface area contributed by atoms with E-state index in [-0.39, 0.29) is 18.2 Å². The molecule has 0 spiro atoms. The molecule has 4 aromatic rings. The molecule has 0 heterocycles. The lowest BCUT2D eigenvalue weighted by Crippen LogP contribution is -2.28. The summed E-state index contributed by atoms with van der Waals surface area (Å²) < 4.78 is 51.7. The van der Waals surface area contributed by atoms with Gasteiger partial charge in [0.15, 0.2) is 21.3 Å². The zero-order valence-corrected chi connectivity index (χ0v) is 20.5. The lowest BCUT2D eigenvalue weighted by Gasteiger charge is -2.25. The third-order valence-electron chi connectivity index (χ3n) is 5.40. The number of halogens is 3. The van der Waals surface area contributed by atoms with Crippen LogP contribution in [0, 0.1) is 17.5 Å². The Labute approximate surface area is 210 Å². The summed E-state index contributed by atoms with van der Waals surface area (Å²) in [6.45, 7) is 3.04. The first kappa shape index (κ1) is 25.4. The van der Waals surface area contributed by atoms with Crippen molar-refractivity contribution in [3.05, 3.63) is 120 Å². The van der Waals surface area contributed by atoms with E-state index in [0.29, 0.717) is 11.3 Å². The lowest BCUT2D eigenvalue weighted by molar-refractivity contribution is -0.159. The molecule has 0 saturated carbocycles. The highest BCUT2D eigenvalue weighted by Crippen LogP contribution is 2.32. The molecular weight excluding hydrogens is 485 g/mol. The van der Waals surface area contributed by atoms with E-state index in [1.807, 2.05) is 12.1 Å². The van der Waals surface area contributed by atoms with E-state index in [1.54, 1.807) is 62.4 Å². The minimum atomic E-state index is -1.02. The fourth-order valence-electron chi connectivity index (χ4n) is 3.60. The van der Waals surface area contributed by atoms with Gasteiger partial charge in [-0.3, -0.25) is 0 Å². The van der Waals surface area contributed by atoms with Crippen LogP contribution in [0.2, 0.25) is 0 Å². The molecule has 0 fully saturated rings. The van der Waals surface area contributed by atoms with E-state index in [1.165, 1.54) is 36.4 Å². The predicted molar refractivity (Wildman–Crippen MR) is 132 cm³/mol. The van der Waals surface area contributed by atoms with Crippen molar-refractivity contribution < 1.29 is 27.4 Å². The maximum absolute atomic E-state index is 13.5. The largest absolute Gasteiger partial charge is 0.482 e. The third kappa shape index (κ3) is 6.29. The molecule has 0 saturated heterocycles. The molecule has 0 aliphatic carbocycles. The van der Waals surface area contributed by atoms with Gasteiger partial charge in [-0.1, -0.05) is 12.1 Å². The van der Waals surface area contributed by atoms with Gasteiger partial charge in [-0.05, 0) is 104 Å².